The Kier molecular flexibility index (Phi) is 9.56. The maximum absolute atomic E-state index is 5.34. The molecule has 0 bridgehead atoms. The zero-order valence-corrected chi connectivity index (χ0v) is 21.6. The van der Waals surface area contributed by atoms with Crippen LogP contribution in [0.2, 0.25) is 0 Å². The van der Waals surface area contributed by atoms with E-state index in [1.54, 1.807) is 13.3 Å². The minimum absolute atomic E-state index is 0. The number of ether oxygens (including phenoxy) is 1. The average Bonchev–Trinajstić information content (AvgIpc) is 3.57. The number of nitrogens with one attached hydrogen (secondary N) is 2. The van der Waals surface area contributed by atoms with E-state index in [1.807, 2.05) is 42.3 Å². The molecule has 1 aliphatic heterocycles. The van der Waals surface area contributed by atoms with Crippen LogP contribution in [0.15, 0.2) is 72.2 Å². The molecule has 0 saturated carbocycles. The first-order valence-corrected chi connectivity index (χ1v) is 11.2. The highest BCUT2D eigenvalue weighted by Crippen LogP contribution is 2.26. The number of rotatable bonds is 8. The molecule has 0 spiro atoms. The summed E-state index contributed by atoms with van der Waals surface area (Å²) in [5.41, 5.74) is 3.59. The number of methoxy groups -OCH3 is 1. The first-order chi connectivity index (χ1) is 15.8. The second-order valence-electron chi connectivity index (χ2n) is 7.94. The summed E-state index contributed by atoms with van der Waals surface area (Å²) in [7, 11) is 3.52. The van der Waals surface area contributed by atoms with Crippen LogP contribution in [-0.2, 0) is 6.54 Å². The first kappa shape index (κ1) is 25.0. The number of imidazole rings is 1. The summed E-state index contributed by atoms with van der Waals surface area (Å²) >= 11 is 0. The molecule has 0 radical (unpaired) electrons. The molecule has 8 heteroatoms. The topological polar surface area (TPSA) is 66.7 Å². The van der Waals surface area contributed by atoms with Gasteiger partial charge in [0, 0.05) is 32.5 Å². The minimum Gasteiger partial charge on any atom is -0.497 e. The Morgan fingerprint density at radius 3 is 2.52 bits per heavy atom. The maximum Gasteiger partial charge on any atom is 0.191 e. The van der Waals surface area contributed by atoms with Gasteiger partial charge in [-0.2, -0.15) is 0 Å². The second kappa shape index (κ2) is 12.6. The summed E-state index contributed by atoms with van der Waals surface area (Å²) in [6, 6.07) is 17.0. The van der Waals surface area contributed by atoms with E-state index in [4.69, 9.17) is 4.74 Å². The van der Waals surface area contributed by atoms with Gasteiger partial charge in [0.1, 0.15) is 5.75 Å². The number of benzene rings is 2. The summed E-state index contributed by atoms with van der Waals surface area (Å²) in [5, 5.41) is 7.02. The Labute approximate surface area is 213 Å². The Balaban J connectivity index is 0.00000306. The second-order valence-corrected chi connectivity index (χ2v) is 7.94. The molecular weight excluding hydrogens is 527 g/mol. The third-order valence-corrected chi connectivity index (χ3v) is 5.99. The Morgan fingerprint density at radius 1 is 1.09 bits per heavy atom. The molecule has 176 valence electrons. The third kappa shape index (κ3) is 6.48. The van der Waals surface area contributed by atoms with Crippen molar-refractivity contribution in [1.29, 1.82) is 0 Å². The lowest BCUT2D eigenvalue weighted by atomic mass is 10.1. The number of guanidine groups is 1. The highest BCUT2D eigenvalue weighted by atomic mass is 127. The molecule has 1 fully saturated rings. The van der Waals surface area contributed by atoms with E-state index in [9.17, 15) is 0 Å². The van der Waals surface area contributed by atoms with Gasteiger partial charge in [-0.1, -0.05) is 30.3 Å². The molecule has 7 nitrogen and oxygen atoms in total. The standard InChI is InChI=1S/C25H32N6O.HI/c1-26-25(28-17-21-7-3-4-8-23(21)31-16-13-27-19-31)29-18-24(30-14-5-6-15-30)20-9-11-22(32-2)12-10-20;/h3-4,7-13,16,19,24H,5-6,14-15,17-18H2,1-2H3,(H2,26,28,29);1H. The molecule has 2 aromatic carbocycles. The summed E-state index contributed by atoms with van der Waals surface area (Å²) in [5.74, 6) is 1.68. The smallest absolute Gasteiger partial charge is 0.191 e. The van der Waals surface area contributed by atoms with Gasteiger partial charge >= 0.3 is 0 Å². The fourth-order valence-corrected chi connectivity index (χ4v) is 4.24. The number of aromatic nitrogens is 2. The normalized spacial score (nSPS) is 15.0. The van der Waals surface area contributed by atoms with Gasteiger partial charge < -0.3 is 19.9 Å². The van der Waals surface area contributed by atoms with Crippen molar-refractivity contribution in [2.75, 3.05) is 33.8 Å². The van der Waals surface area contributed by atoms with Crippen LogP contribution in [-0.4, -0.2) is 54.2 Å². The number of halogens is 1. The van der Waals surface area contributed by atoms with E-state index >= 15 is 0 Å². The van der Waals surface area contributed by atoms with Gasteiger partial charge in [-0.15, -0.1) is 24.0 Å². The third-order valence-electron chi connectivity index (χ3n) is 5.99. The summed E-state index contributed by atoms with van der Waals surface area (Å²) in [4.78, 5) is 11.2. The predicted molar refractivity (Wildman–Crippen MR) is 144 cm³/mol. The van der Waals surface area contributed by atoms with Crippen LogP contribution in [0.25, 0.3) is 5.69 Å². The number of hydrogen-bond acceptors (Lipinski definition) is 4. The largest absolute Gasteiger partial charge is 0.497 e. The summed E-state index contributed by atoms with van der Waals surface area (Å²) in [6.07, 6.45) is 8.08. The van der Waals surface area contributed by atoms with Gasteiger partial charge in [0.05, 0.1) is 25.2 Å². The van der Waals surface area contributed by atoms with Gasteiger partial charge in [-0.3, -0.25) is 9.89 Å². The van der Waals surface area contributed by atoms with Gasteiger partial charge in [0.15, 0.2) is 5.96 Å². The maximum atomic E-state index is 5.34. The van der Waals surface area contributed by atoms with E-state index in [0.717, 1.165) is 37.0 Å². The molecule has 1 atom stereocenters. The number of likely N-dealkylation sites (tertiary alicyclic amines) is 1. The van der Waals surface area contributed by atoms with Crippen LogP contribution in [0.4, 0.5) is 0 Å². The SMILES string of the molecule is CN=C(NCc1ccccc1-n1ccnc1)NCC(c1ccc(OC)cc1)N1CCCC1.I. The fraction of sp³-hybridized carbons (Fsp3) is 0.360. The molecule has 1 saturated heterocycles. The van der Waals surface area contributed by atoms with Crippen molar-refractivity contribution in [3.63, 3.8) is 0 Å². The van der Waals surface area contributed by atoms with Crippen molar-refractivity contribution in [2.45, 2.75) is 25.4 Å². The van der Waals surface area contributed by atoms with Crippen LogP contribution in [0.1, 0.15) is 30.0 Å². The molecule has 0 aliphatic carbocycles. The van der Waals surface area contributed by atoms with E-state index in [1.165, 1.54) is 24.0 Å². The van der Waals surface area contributed by atoms with Crippen LogP contribution in [0, 0.1) is 0 Å². The minimum atomic E-state index is 0. The molecule has 3 aromatic rings. The lowest BCUT2D eigenvalue weighted by molar-refractivity contribution is 0.245. The highest BCUT2D eigenvalue weighted by Gasteiger charge is 2.23. The first-order valence-electron chi connectivity index (χ1n) is 11.2. The highest BCUT2D eigenvalue weighted by molar-refractivity contribution is 14.0. The van der Waals surface area contributed by atoms with Crippen molar-refractivity contribution in [2.24, 2.45) is 4.99 Å². The van der Waals surface area contributed by atoms with E-state index in [2.05, 4.69) is 55.8 Å². The molecule has 2 N–H and O–H groups in total. The fourth-order valence-electron chi connectivity index (χ4n) is 4.24. The van der Waals surface area contributed by atoms with Gasteiger partial charge in [-0.05, 0) is 55.3 Å². The van der Waals surface area contributed by atoms with Crippen molar-refractivity contribution in [3.8, 4) is 11.4 Å². The van der Waals surface area contributed by atoms with Gasteiger partial charge in [0.2, 0.25) is 0 Å². The van der Waals surface area contributed by atoms with Crippen LogP contribution < -0.4 is 15.4 Å². The van der Waals surface area contributed by atoms with Crippen molar-refractivity contribution < 1.29 is 4.74 Å². The lowest BCUT2D eigenvalue weighted by Gasteiger charge is -2.29. The molecule has 2 heterocycles. The molecule has 4 rings (SSSR count). The summed E-state index contributed by atoms with van der Waals surface area (Å²) < 4.78 is 7.36. The Bertz CT molecular complexity index is 1000. The number of hydrogen-bond donors (Lipinski definition) is 2. The Morgan fingerprint density at radius 2 is 1.85 bits per heavy atom. The Hall–Kier alpha value is -2.59. The van der Waals surface area contributed by atoms with Crippen LogP contribution >= 0.6 is 24.0 Å². The zero-order chi connectivity index (χ0) is 22.2. The molecular formula is C25H33IN6O. The van der Waals surface area contributed by atoms with Crippen molar-refractivity contribution in [3.05, 3.63) is 78.4 Å². The van der Waals surface area contributed by atoms with Gasteiger partial charge in [0.25, 0.3) is 0 Å². The van der Waals surface area contributed by atoms with Crippen molar-refractivity contribution >= 4 is 29.9 Å². The van der Waals surface area contributed by atoms with Crippen LogP contribution in [0.5, 0.6) is 5.75 Å². The number of para-hydroxylation sites is 1. The molecule has 1 aromatic heterocycles. The van der Waals surface area contributed by atoms with E-state index in [0.29, 0.717) is 12.6 Å². The average molecular weight is 560 g/mol. The number of nitrogens with zero attached hydrogens (tertiary/aromatic N) is 4. The molecule has 0 amide bonds. The molecule has 33 heavy (non-hydrogen) atoms. The van der Waals surface area contributed by atoms with Crippen molar-refractivity contribution in [1.82, 2.24) is 25.1 Å². The van der Waals surface area contributed by atoms with E-state index < -0.39 is 0 Å². The zero-order valence-electron chi connectivity index (χ0n) is 19.3. The van der Waals surface area contributed by atoms with Gasteiger partial charge in [-0.25, -0.2) is 4.98 Å². The van der Waals surface area contributed by atoms with Crippen LogP contribution in [0.3, 0.4) is 0 Å². The monoisotopic (exact) mass is 560 g/mol. The molecule has 1 aliphatic rings. The summed E-state index contributed by atoms with van der Waals surface area (Å²) in [6.45, 7) is 3.71. The predicted octanol–water partition coefficient (Wildman–Crippen LogP) is 4.00. The van der Waals surface area contributed by atoms with E-state index in [-0.39, 0.29) is 24.0 Å². The molecule has 1 unspecified atom stereocenters. The number of aliphatic imine (C=N–C) groups is 1. The quantitative estimate of drug-likeness (QED) is 0.248. The lowest BCUT2D eigenvalue weighted by Crippen LogP contribution is -2.42.